The van der Waals surface area contributed by atoms with Gasteiger partial charge in [0.25, 0.3) is 0 Å². The summed E-state index contributed by atoms with van der Waals surface area (Å²) in [4.78, 5) is 0. The van der Waals surface area contributed by atoms with Gasteiger partial charge in [-0.25, -0.2) is 0 Å². The third-order valence-electron chi connectivity index (χ3n) is 19.4. The van der Waals surface area contributed by atoms with Gasteiger partial charge < -0.3 is 9.13 Å². The van der Waals surface area contributed by atoms with E-state index in [9.17, 15) is 0 Å². The molecule has 0 atom stereocenters. The van der Waals surface area contributed by atoms with Crippen LogP contribution in [-0.4, -0.2) is 41.4 Å². The molecule has 90 heavy (non-hydrogen) atoms. The smallest absolute Gasteiger partial charge is 0.0775 e. The minimum Gasteiger partial charge on any atom is -0.309 e. The zero-order chi connectivity index (χ0) is 62.2. The minimum atomic E-state index is -1.55. The Morgan fingerprint density at radius 1 is 0.222 bits per heavy atom. The summed E-state index contributed by atoms with van der Waals surface area (Å²) < 4.78 is 5.07. The predicted molar refractivity (Wildman–Crippen MR) is 404 cm³/mol. The van der Waals surface area contributed by atoms with E-state index in [0.29, 0.717) is 0 Å². The van der Waals surface area contributed by atoms with Crippen molar-refractivity contribution in [2.24, 2.45) is 0 Å². The fourth-order valence-corrected chi connectivity index (χ4v) is 19.2. The first kappa shape index (κ1) is 57.5. The fraction of sp³-hybridized carbons (Fsp3) is 0.143. The molecule has 0 saturated heterocycles. The summed E-state index contributed by atoms with van der Waals surface area (Å²) in [6, 6.07) is 98.4. The van der Waals surface area contributed by atoms with Crippen LogP contribution >= 0.6 is 0 Å². The number of para-hydroxylation sites is 2. The Labute approximate surface area is 535 Å². The molecule has 1 aliphatic rings. The van der Waals surface area contributed by atoms with E-state index in [1.165, 1.54) is 153 Å². The van der Waals surface area contributed by atoms with Gasteiger partial charge in [0, 0.05) is 33.3 Å². The number of fused-ring (bicyclic) bond motifs is 6. The number of aromatic nitrogens is 2. The summed E-state index contributed by atoms with van der Waals surface area (Å²) >= 11 is 0. The zero-order valence-corrected chi connectivity index (χ0v) is 58.1. The molecule has 12 aromatic carbocycles. The Morgan fingerprint density at radius 3 is 0.822 bits per heavy atom. The van der Waals surface area contributed by atoms with Gasteiger partial charge >= 0.3 is 0 Å². The molecular weight excluding hydrogens is 1150 g/mol. The topological polar surface area (TPSA) is 9.86 Å². The van der Waals surface area contributed by atoms with Crippen molar-refractivity contribution in [3.63, 3.8) is 0 Å². The average Bonchev–Trinajstić information content (AvgIpc) is 1.54. The Kier molecular flexibility index (Phi) is 13.7. The maximum absolute atomic E-state index is 2.53. The second-order valence-corrected chi connectivity index (χ2v) is 49.6. The van der Waals surface area contributed by atoms with Crippen LogP contribution in [-0.2, 0) is 0 Å². The summed E-state index contributed by atoms with van der Waals surface area (Å²) in [6.45, 7) is 29.2. The van der Waals surface area contributed by atoms with Gasteiger partial charge in [0.2, 0.25) is 0 Å². The van der Waals surface area contributed by atoms with Gasteiger partial charge in [-0.1, -0.05) is 318 Å². The van der Waals surface area contributed by atoms with Crippen LogP contribution in [0.2, 0.25) is 78.6 Å². The highest BCUT2D eigenvalue weighted by Gasteiger charge is 2.32. The van der Waals surface area contributed by atoms with Crippen LogP contribution < -0.4 is 20.7 Å². The normalized spacial score (nSPS) is 12.7. The molecule has 2 nitrogen and oxygen atoms in total. The van der Waals surface area contributed by atoms with Gasteiger partial charge in [0.1, 0.15) is 0 Å². The molecule has 2 aromatic heterocycles. The first-order valence-electron chi connectivity index (χ1n) is 32.2. The van der Waals surface area contributed by atoms with Gasteiger partial charge in [0.05, 0.1) is 54.7 Å². The molecule has 440 valence electrons. The Bertz CT molecular complexity index is 4810. The van der Waals surface area contributed by atoms with Crippen molar-refractivity contribution in [3.05, 3.63) is 255 Å². The summed E-state index contributed by atoms with van der Waals surface area (Å²) in [5, 5.41) is 13.5. The molecule has 0 amide bonds. The summed E-state index contributed by atoms with van der Waals surface area (Å²) in [5.41, 5.74) is 24.8. The lowest BCUT2D eigenvalue weighted by Gasteiger charge is -2.21. The van der Waals surface area contributed by atoms with E-state index in [0.717, 1.165) is 11.4 Å². The average molecular weight is 1230 g/mol. The van der Waals surface area contributed by atoms with Crippen LogP contribution in [0, 0.1) is 0 Å². The fourth-order valence-electron chi connectivity index (χ4n) is 14.6. The van der Waals surface area contributed by atoms with E-state index in [2.05, 4.69) is 342 Å². The second kappa shape index (κ2) is 21.4. The SMILES string of the molecule is C[Si](C)(C)c1ccc(-c2c(-c3ccc([Si](C)(C)C)cc3)n(-c3ccc(-c4c5c(c(-c6ccc(-n7c(-c8ccc([Si](C)(C)C)cc8)c(-c8ccc([Si](C)(C)C)cc8)c8ccccc87)cc6)c6ccccc46)-c4cccc6cccc-5c46)cc3)c3ccccc23)cc1. The Morgan fingerprint density at radius 2 is 0.500 bits per heavy atom. The van der Waals surface area contributed by atoms with Crippen LogP contribution in [0.4, 0.5) is 0 Å². The van der Waals surface area contributed by atoms with E-state index in [4.69, 9.17) is 0 Å². The van der Waals surface area contributed by atoms with Crippen molar-refractivity contribution in [1.82, 2.24) is 9.13 Å². The molecule has 14 aromatic rings. The van der Waals surface area contributed by atoms with Crippen LogP contribution in [0.25, 0.3) is 144 Å². The van der Waals surface area contributed by atoms with Gasteiger partial charge in [-0.15, -0.1) is 0 Å². The standard InChI is InChI=1S/C84H78N2Si4/c1-87(2,3)64-47-35-58(36-48-64)79-70-25-15-17-29-74(70)85(83(79)60-39-51-66(52-40-60)89(7,8)9)62-43-31-56(32-44-62)77-68-23-13-14-24-69(68)78(82-73-28-20-22-55-21-19-27-72(76(55)73)81(77)82)57-33-45-63(46-34-57)86-75-30-18-16-26-71(75)80(59-37-49-65(50-38-59)88(4,5)6)84(86)61-41-53-67(54-42-61)90(10,11)12/h13-54H,1-12H3. The van der Waals surface area contributed by atoms with E-state index < -0.39 is 32.3 Å². The van der Waals surface area contributed by atoms with Crippen molar-refractivity contribution in [2.45, 2.75) is 78.6 Å². The van der Waals surface area contributed by atoms with E-state index in [1.54, 1.807) is 0 Å². The van der Waals surface area contributed by atoms with Crippen LogP contribution in [0.3, 0.4) is 0 Å². The lowest BCUT2D eigenvalue weighted by atomic mass is 9.82. The summed E-state index contributed by atoms with van der Waals surface area (Å²) in [6.07, 6.45) is 0. The molecule has 0 saturated carbocycles. The molecule has 0 fully saturated rings. The molecule has 0 bridgehead atoms. The number of hydrogen-bond acceptors (Lipinski definition) is 0. The molecular formula is C84H78N2Si4. The lowest BCUT2D eigenvalue weighted by molar-refractivity contribution is 1.14. The van der Waals surface area contributed by atoms with Crippen molar-refractivity contribution < 1.29 is 0 Å². The number of rotatable bonds is 12. The van der Waals surface area contributed by atoms with Crippen molar-refractivity contribution in [3.8, 4) is 101 Å². The van der Waals surface area contributed by atoms with Crippen molar-refractivity contribution >= 4 is 96.4 Å². The molecule has 0 radical (unpaired) electrons. The van der Waals surface area contributed by atoms with Crippen LogP contribution in [0.15, 0.2) is 255 Å². The quantitative estimate of drug-likeness (QED) is 0.108. The molecule has 0 N–H and O–H groups in total. The molecule has 0 spiro atoms. The molecule has 0 aliphatic heterocycles. The summed E-state index contributed by atoms with van der Waals surface area (Å²) in [5.74, 6) is 0. The van der Waals surface area contributed by atoms with Gasteiger partial charge in [-0.2, -0.15) is 0 Å². The van der Waals surface area contributed by atoms with Gasteiger partial charge in [-0.05, 0) is 125 Å². The van der Waals surface area contributed by atoms with Crippen molar-refractivity contribution in [1.29, 1.82) is 0 Å². The monoisotopic (exact) mass is 1230 g/mol. The lowest BCUT2D eigenvalue weighted by Crippen LogP contribution is -2.37. The van der Waals surface area contributed by atoms with Gasteiger partial charge in [0.15, 0.2) is 0 Å². The Balaban J connectivity index is 0.914. The molecule has 0 unspecified atom stereocenters. The maximum Gasteiger partial charge on any atom is 0.0775 e. The van der Waals surface area contributed by atoms with E-state index >= 15 is 0 Å². The minimum absolute atomic E-state index is 1.14. The predicted octanol–water partition coefficient (Wildman–Crippen LogP) is 21.7. The first-order valence-corrected chi connectivity index (χ1v) is 46.2. The molecule has 15 rings (SSSR count). The third-order valence-corrected chi connectivity index (χ3v) is 27.6. The van der Waals surface area contributed by atoms with Crippen LogP contribution in [0.5, 0.6) is 0 Å². The molecule has 6 heteroatoms. The second-order valence-electron chi connectivity index (χ2n) is 29.3. The zero-order valence-electron chi connectivity index (χ0n) is 54.1. The maximum atomic E-state index is 2.53. The number of benzene rings is 12. The number of hydrogen-bond donors (Lipinski definition) is 0. The third kappa shape index (κ3) is 9.61. The molecule has 1 aliphatic carbocycles. The number of nitrogens with zero attached hydrogens (tertiary/aromatic N) is 2. The van der Waals surface area contributed by atoms with E-state index in [-0.39, 0.29) is 0 Å². The largest absolute Gasteiger partial charge is 0.309 e. The van der Waals surface area contributed by atoms with Crippen LogP contribution in [0.1, 0.15) is 0 Å². The van der Waals surface area contributed by atoms with Crippen molar-refractivity contribution in [2.75, 3.05) is 0 Å². The first-order chi connectivity index (χ1) is 43.2. The highest BCUT2D eigenvalue weighted by Crippen LogP contribution is 2.58. The highest BCUT2D eigenvalue weighted by molar-refractivity contribution is 6.90. The van der Waals surface area contributed by atoms with Gasteiger partial charge in [-0.3, -0.25) is 0 Å². The Hall–Kier alpha value is -8.89. The highest BCUT2D eigenvalue weighted by atomic mass is 28.3. The summed E-state index contributed by atoms with van der Waals surface area (Å²) in [7, 11) is -6.15. The van der Waals surface area contributed by atoms with E-state index in [1.807, 2.05) is 0 Å². The molecule has 2 heterocycles.